The first-order chi connectivity index (χ1) is 13.9. The van der Waals surface area contributed by atoms with Gasteiger partial charge in [0, 0.05) is 0 Å². The third kappa shape index (κ3) is 252. The van der Waals surface area contributed by atoms with Gasteiger partial charge >= 0.3 is 26.9 Å². The molecule has 0 heterocycles. The lowest BCUT2D eigenvalue weighted by Gasteiger charge is -1.99. The molecule has 0 amide bonds. The van der Waals surface area contributed by atoms with E-state index in [4.69, 9.17) is 58.7 Å². The highest BCUT2D eigenvalue weighted by Crippen LogP contribution is 2.27. The van der Waals surface area contributed by atoms with Gasteiger partial charge in [-0.3, -0.25) is 0 Å². The van der Waals surface area contributed by atoms with Gasteiger partial charge in [-0.05, 0) is 47.2 Å². The van der Waals surface area contributed by atoms with Crippen molar-refractivity contribution in [3.63, 3.8) is 0 Å². The molecule has 0 aromatic heterocycles. The standard InChI is InChI=1S/C12H26.4H3O3PS/c1-3-5-7-9-11-12-10-8-6-4-2;4*1-4(2,3)5/h3-12H2,1-2H3;4*(H3,1,2,3,5). The molecule has 32 heavy (non-hydrogen) atoms. The van der Waals surface area contributed by atoms with E-state index in [1.54, 1.807) is 0 Å². The van der Waals surface area contributed by atoms with E-state index >= 15 is 0 Å². The molecule has 0 spiro atoms. The monoisotopic (exact) mass is 626 g/mol. The van der Waals surface area contributed by atoms with E-state index < -0.39 is 26.9 Å². The molecule has 12 N–H and O–H groups in total. The number of unbranched alkanes of at least 4 members (excludes halogenated alkanes) is 9. The zero-order valence-corrected chi connectivity index (χ0v) is 24.7. The summed E-state index contributed by atoms with van der Waals surface area (Å²) < 4.78 is 0. The Balaban J connectivity index is -0.000000103. The van der Waals surface area contributed by atoms with E-state index in [1.807, 2.05) is 0 Å². The minimum atomic E-state index is -3.81. The van der Waals surface area contributed by atoms with Gasteiger partial charge in [-0.1, -0.05) is 78.1 Å². The molecule has 20 heteroatoms. The second kappa shape index (κ2) is 26.2. The molecule has 12 nitrogen and oxygen atoms in total. The normalized spacial score (nSPS) is 11.3. The van der Waals surface area contributed by atoms with Crippen LogP contribution < -0.4 is 0 Å². The number of hydrogen-bond acceptors (Lipinski definition) is 4. The van der Waals surface area contributed by atoms with Gasteiger partial charge in [0.2, 0.25) is 0 Å². The summed E-state index contributed by atoms with van der Waals surface area (Å²) in [6.07, 6.45) is 14.4. The van der Waals surface area contributed by atoms with Crippen molar-refractivity contribution in [2.24, 2.45) is 0 Å². The van der Waals surface area contributed by atoms with Crippen LogP contribution in [0.4, 0.5) is 0 Å². The molecule has 0 radical (unpaired) electrons. The van der Waals surface area contributed by atoms with Crippen LogP contribution in [0.3, 0.4) is 0 Å². The Bertz CT molecular complexity index is 451. The van der Waals surface area contributed by atoms with E-state index in [0.29, 0.717) is 0 Å². The van der Waals surface area contributed by atoms with Crippen LogP contribution in [0.5, 0.6) is 0 Å². The third-order valence-corrected chi connectivity index (χ3v) is 2.46. The Morgan fingerprint density at radius 3 is 0.531 bits per heavy atom. The van der Waals surface area contributed by atoms with Gasteiger partial charge in [0.1, 0.15) is 0 Å². The van der Waals surface area contributed by atoms with E-state index in [-0.39, 0.29) is 0 Å². The molecule has 0 aromatic rings. The predicted octanol–water partition coefficient (Wildman–Crippen LogP) is 1.68. The van der Waals surface area contributed by atoms with Gasteiger partial charge < -0.3 is 58.7 Å². The Morgan fingerprint density at radius 2 is 0.438 bits per heavy atom. The minimum Gasteiger partial charge on any atom is -0.325 e. The van der Waals surface area contributed by atoms with Crippen LogP contribution in [0, 0.1) is 0 Å². The second-order valence-corrected chi connectivity index (χ2v) is 15.9. The molecule has 0 aliphatic heterocycles. The van der Waals surface area contributed by atoms with Crippen LogP contribution in [0.25, 0.3) is 0 Å². The molecule has 0 aromatic carbocycles. The average molecular weight is 627 g/mol. The average Bonchev–Trinajstić information content (AvgIpc) is 2.43. The SMILES string of the molecule is CCCCCCCCCCCC.OP(O)(O)=S.OP(O)(O)=S.OP(O)(O)=S.OP(O)(O)=S. The van der Waals surface area contributed by atoms with Crippen molar-refractivity contribution in [1.82, 2.24) is 0 Å². The van der Waals surface area contributed by atoms with Crippen molar-refractivity contribution in [3.8, 4) is 0 Å². The van der Waals surface area contributed by atoms with Crippen molar-refractivity contribution < 1.29 is 58.7 Å². The molecule has 0 rings (SSSR count). The first-order valence-corrected chi connectivity index (χ1v) is 19.7. The largest absolute Gasteiger partial charge is 0.325 e. The highest BCUT2D eigenvalue weighted by molar-refractivity contribution is 8.07. The van der Waals surface area contributed by atoms with Crippen molar-refractivity contribution in [2.45, 2.75) is 78.1 Å². The summed E-state index contributed by atoms with van der Waals surface area (Å²) in [7, 11) is 0. The summed E-state index contributed by atoms with van der Waals surface area (Å²) in [6, 6.07) is 0. The first-order valence-electron chi connectivity index (χ1n) is 9.04. The maximum Gasteiger partial charge on any atom is 0.319 e. The number of rotatable bonds is 9. The molecule has 0 saturated heterocycles. The zero-order valence-electron chi connectivity index (χ0n) is 17.9. The highest BCUT2D eigenvalue weighted by Gasteiger charge is 1.94. The molecular formula is C12H38O12P4S4. The lowest BCUT2D eigenvalue weighted by Crippen LogP contribution is -1.80. The van der Waals surface area contributed by atoms with Crippen LogP contribution in [0.2, 0.25) is 0 Å². The fraction of sp³-hybridized carbons (Fsp3) is 1.00. The van der Waals surface area contributed by atoms with E-state index in [9.17, 15) is 0 Å². The van der Waals surface area contributed by atoms with Gasteiger partial charge in [-0.2, -0.15) is 0 Å². The Morgan fingerprint density at radius 1 is 0.344 bits per heavy atom. The molecule has 0 saturated carbocycles. The molecule has 0 aliphatic carbocycles. The van der Waals surface area contributed by atoms with Gasteiger partial charge in [0.15, 0.2) is 0 Å². The zero-order chi connectivity index (χ0) is 27.1. The molecular weight excluding hydrogens is 588 g/mol. The summed E-state index contributed by atoms with van der Waals surface area (Å²) >= 11 is 14.4. The topological polar surface area (TPSA) is 243 Å². The van der Waals surface area contributed by atoms with Gasteiger partial charge in [0.05, 0.1) is 0 Å². The van der Waals surface area contributed by atoms with Crippen LogP contribution in [-0.2, 0) is 47.2 Å². The smallest absolute Gasteiger partial charge is 0.319 e. The van der Waals surface area contributed by atoms with Crippen molar-refractivity contribution in [1.29, 1.82) is 0 Å². The fourth-order valence-corrected chi connectivity index (χ4v) is 1.56. The molecule has 0 unspecified atom stereocenters. The summed E-state index contributed by atoms with van der Waals surface area (Å²) in [5.41, 5.74) is 0. The summed E-state index contributed by atoms with van der Waals surface area (Å²) in [4.78, 5) is 90.7. The van der Waals surface area contributed by atoms with Crippen molar-refractivity contribution in [2.75, 3.05) is 0 Å². The lowest BCUT2D eigenvalue weighted by molar-refractivity contribution is 0.361. The van der Waals surface area contributed by atoms with E-state index in [0.717, 1.165) is 0 Å². The number of hydrogen-bond donors (Lipinski definition) is 12. The molecule has 0 fully saturated rings. The Hall–Kier alpha value is 2.12. The van der Waals surface area contributed by atoms with Crippen molar-refractivity contribution >= 4 is 74.1 Å². The lowest BCUT2D eigenvalue weighted by atomic mass is 10.1. The van der Waals surface area contributed by atoms with Crippen LogP contribution in [0.15, 0.2) is 0 Å². The molecule has 0 aliphatic rings. The van der Waals surface area contributed by atoms with Gasteiger partial charge in [0.25, 0.3) is 0 Å². The van der Waals surface area contributed by atoms with Gasteiger partial charge in [-0.25, -0.2) is 0 Å². The maximum atomic E-state index is 7.56. The fourth-order valence-electron chi connectivity index (χ4n) is 1.56. The van der Waals surface area contributed by atoms with E-state index in [1.165, 1.54) is 64.2 Å². The highest BCUT2D eigenvalue weighted by atomic mass is 32.5. The van der Waals surface area contributed by atoms with Crippen LogP contribution in [0.1, 0.15) is 78.1 Å². The summed E-state index contributed by atoms with van der Waals surface area (Å²) in [5.74, 6) is 0. The summed E-state index contributed by atoms with van der Waals surface area (Å²) in [6.45, 7) is -10.7. The minimum absolute atomic E-state index is 1.37. The summed E-state index contributed by atoms with van der Waals surface area (Å²) in [5, 5.41) is 0. The maximum absolute atomic E-state index is 7.56. The van der Waals surface area contributed by atoms with Gasteiger partial charge in [-0.15, -0.1) is 0 Å². The molecule has 0 bridgehead atoms. The predicted molar refractivity (Wildman–Crippen MR) is 141 cm³/mol. The Labute approximate surface area is 210 Å². The second-order valence-electron chi connectivity index (χ2n) is 5.88. The quantitative estimate of drug-likeness (QED) is 0.129. The van der Waals surface area contributed by atoms with Crippen LogP contribution >= 0.6 is 26.9 Å². The van der Waals surface area contributed by atoms with Crippen LogP contribution in [-0.4, -0.2) is 58.7 Å². The molecule has 202 valence electrons. The Kier molecular flexibility index (Phi) is 36.1. The van der Waals surface area contributed by atoms with Crippen molar-refractivity contribution in [3.05, 3.63) is 0 Å². The van der Waals surface area contributed by atoms with E-state index in [2.05, 4.69) is 61.1 Å². The third-order valence-electron chi connectivity index (χ3n) is 2.46. The molecule has 0 atom stereocenters. The first kappa shape index (κ1) is 44.1.